The Balaban J connectivity index is 1.54. The van der Waals surface area contributed by atoms with Crippen LogP contribution in [0, 0.1) is 5.82 Å². The van der Waals surface area contributed by atoms with E-state index in [0.29, 0.717) is 31.8 Å². The van der Waals surface area contributed by atoms with Crippen molar-refractivity contribution in [2.45, 2.75) is 25.8 Å². The Morgan fingerprint density at radius 2 is 1.83 bits per heavy atom. The van der Waals surface area contributed by atoms with Crippen LogP contribution in [0.3, 0.4) is 0 Å². The van der Waals surface area contributed by atoms with Crippen molar-refractivity contribution in [2.24, 2.45) is 0 Å². The molecule has 5 heteroatoms. The molecule has 0 aliphatic heterocycles. The third-order valence-electron chi connectivity index (χ3n) is 5.03. The highest BCUT2D eigenvalue weighted by Crippen LogP contribution is 2.11. The lowest BCUT2D eigenvalue weighted by Crippen LogP contribution is -3.11. The van der Waals surface area contributed by atoms with Crippen molar-refractivity contribution in [3.63, 3.8) is 0 Å². The van der Waals surface area contributed by atoms with E-state index in [0.717, 1.165) is 17.8 Å². The molecule has 0 aliphatic rings. The molecule has 2 N–H and O–H groups in total. The predicted octanol–water partition coefficient (Wildman–Crippen LogP) is 2.82. The van der Waals surface area contributed by atoms with Crippen LogP contribution in [0.2, 0.25) is 0 Å². The van der Waals surface area contributed by atoms with E-state index < -0.39 is 6.10 Å². The fourth-order valence-corrected chi connectivity index (χ4v) is 3.54. The number of benzene rings is 2. The van der Waals surface area contributed by atoms with Crippen LogP contribution in [-0.4, -0.2) is 35.5 Å². The molecule has 4 nitrogen and oxygen atoms in total. The molecule has 0 fully saturated rings. The van der Waals surface area contributed by atoms with Crippen LogP contribution < -0.4 is 4.90 Å². The molecule has 1 aromatic heterocycles. The summed E-state index contributed by atoms with van der Waals surface area (Å²) >= 11 is 0. The topological polar surface area (TPSA) is 38.8 Å². The van der Waals surface area contributed by atoms with Gasteiger partial charge in [-0.15, -0.1) is 0 Å². The van der Waals surface area contributed by atoms with Gasteiger partial charge in [-0.3, -0.25) is 0 Å². The van der Waals surface area contributed by atoms with Gasteiger partial charge in [0.2, 0.25) is 0 Å². The Morgan fingerprint density at radius 3 is 2.60 bits per heavy atom. The summed E-state index contributed by atoms with van der Waals surface area (Å²) in [5, 5.41) is 10.5. The van der Waals surface area contributed by atoms with Crippen LogP contribution in [0.5, 0.6) is 0 Å². The molecule has 2 atom stereocenters. The fraction of sp³-hybridized carbons (Fsp3) is 0.280. The molecule has 0 bridgehead atoms. The van der Waals surface area contributed by atoms with Gasteiger partial charge in [0.1, 0.15) is 25.0 Å². The molecule has 2 aromatic carbocycles. The molecule has 1 heterocycles. The number of nitrogens with one attached hydrogen (secondary N) is 1. The second-order valence-electron chi connectivity index (χ2n) is 7.50. The Labute approximate surface area is 177 Å². The van der Waals surface area contributed by atoms with Crippen molar-refractivity contribution in [1.82, 2.24) is 4.57 Å². The lowest BCUT2D eigenvalue weighted by Gasteiger charge is -2.22. The van der Waals surface area contributed by atoms with Crippen molar-refractivity contribution < 1.29 is 19.1 Å². The van der Waals surface area contributed by atoms with E-state index in [1.807, 2.05) is 60.8 Å². The van der Waals surface area contributed by atoms with Crippen molar-refractivity contribution in [2.75, 3.05) is 19.7 Å². The highest BCUT2D eigenvalue weighted by molar-refractivity contribution is 5.19. The van der Waals surface area contributed by atoms with Gasteiger partial charge >= 0.3 is 0 Å². The summed E-state index contributed by atoms with van der Waals surface area (Å²) in [6.45, 7) is 7.09. The van der Waals surface area contributed by atoms with Crippen LogP contribution in [0.1, 0.15) is 16.8 Å². The standard InChI is InChI=1S/C25H29FN2O2/c1-2-14-27(18-24(29)20-30-19-21-9-4-3-5-10-21)17-23-12-8-15-28(23)16-22-11-6-7-13-25(22)26/h2-13,15,24,29H,1,14,16-20H2/p+1/t24-/m0/s1. The highest BCUT2D eigenvalue weighted by Gasteiger charge is 2.17. The number of quaternary nitrogens is 1. The molecule has 0 radical (unpaired) electrons. The predicted molar refractivity (Wildman–Crippen MR) is 117 cm³/mol. The van der Waals surface area contributed by atoms with E-state index in [-0.39, 0.29) is 12.4 Å². The van der Waals surface area contributed by atoms with Gasteiger partial charge in [0.15, 0.2) is 0 Å². The maximum Gasteiger partial charge on any atom is 0.128 e. The van der Waals surface area contributed by atoms with Crippen molar-refractivity contribution >= 4 is 0 Å². The minimum absolute atomic E-state index is 0.196. The zero-order valence-electron chi connectivity index (χ0n) is 17.2. The molecule has 0 aliphatic carbocycles. The fourth-order valence-electron chi connectivity index (χ4n) is 3.54. The van der Waals surface area contributed by atoms with Crippen LogP contribution in [-0.2, 0) is 24.4 Å². The normalized spacial score (nSPS) is 13.1. The summed E-state index contributed by atoms with van der Waals surface area (Å²) in [4.78, 5) is 1.18. The zero-order chi connectivity index (χ0) is 21.2. The largest absolute Gasteiger partial charge is 0.385 e. The number of hydrogen-bond acceptors (Lipinski definition) is 2. The average Bonchev–Trinajstić information content (AvgIpc) is 3.17. The van der Waals surface area contributed by atoms with Crippen LogP contribution in [0.15, 0.2) is 85.6 Å². The SMILES string of the molecule is C=CC[NH+](Cc1cccn1Cc1ccccc1F)C[C@H](O)COCc1ccccc1. The lowest BCUT2D eigenvalue weighted by atomic mass is 10.2. The van der Waals surface area contributed by atoms with Crippen LogP contribution >= 0.6 is 0 Å². The first-order chi connectivity index (χ1) is 14.7. The van der Waals surface area contributed by atoms with Gasteiger partial charge in [-0.05, 0) is 29.8 Å². The van der Waals surface area contributed by atoms with Crippen molar-refractivity contribution in [3.8, 4) is 0 Å². The Kier molecular flexibility index (Phi) is 8.39. The van der Waals surface area contributed by atoms with E-state index in [2.05, 4.69) is 11.1 Å². The van der Waals surface area contributed by atoms with Gasteiger partial charge in [0.05, 0.1) is 32.0 Å². The van der Waals surface area contributed by atoms with Gasteiger partial charge < -0.3 is 19.3 Å². The molecule has 0 amide bonds. The van der Waals surface area contributed by atoms with Gasteiger partial charge in [-0.2, -0.15) is 0 Å². The summed E-state index contributed by atoms with van der Waals surface area (Å²) < 4.78 is 21.8. The molecule has 0 saturated heterocycles. The molecule has 0 spiro atoms. The monoisotopic (exact) mass is 409 g/mol. The summed E-state index contributed by atoms with van der Waals surface area (Å²) in [5.41, 5.74) is 2.84. The smallest absolute Gasteiger partial charge is 0.128 e. The van der Waals surface area contributed by atoms with Gasteiger partial charge in [-0.25, -0.2) is 4.39 Å². The Bertz CT molecular complexity index is 910. The van der Waals surface area contributed by atoms with E-state index in [4.69, 9.17) is 4.74 Å². The highest BCUT2D eigenvalue weighted by atomic mass is 19.1. The first kappa shape index (κ1) is 22.0. The summed E-state index contributed by atoms with van der Waals surface area (Å²) in [6, 6.07) is 20.8. The maximum atomic E-state index is 14.0. The molecular formula is C25H30FN2O2+. The molecule has 3 aromatic rings. The number of aromatic nitrogens is 1. The minimum atomic E-state index is -0.571. The van der Waals surface area contributed by atoms with Crippen molar-refractivity contribution in [3.05, 3.63) is 108 Å². The van der Waals surface area contributed by atoms with Crippen LogP contribution in [0.25, 0.3) is 0 Å². The first-order valence-electron chi connectivity index (χ1n) is 10.3. The van der Waals surface area contributed by atoms with Gasteiger partial charge in [0, 0.05) is 11.8 Å². The lowest BCUT2D eigenvalue weighted by molar-refractivity contribution is -0.911. The Morgan fingerprint density at radius 1 is 1.07 bits per heavy atom. The van der Waals surface area contributed by atoms with E-state index >= 15 is 0 Å². The quantitative estimate of drug-likeness (QED) is 0.452. The third-order valence-corrected chi connectivity index (χ3v) is 5.03. The first-order valence-corrected chi connectivity index (χ1v) is 10.3. The summed E-state index contributed by atoms with van der Waals surface area (Å²) in [5.74, 6) is -0.196. The number of hydrogen-bond donors (Lipinski definition) is 2. The average molecular weight is 410 g/mol. The molecule has 158 valence electrons. The number of aliphatic hydroxyl groups is 1. The van der Waals surface area contributed by atoms with E-state index in [1.54, 1.807) is 12.1 Å². The van der Waals surface area contributed by atoms with Crippen LogP contribution in [0.4, 0.5) is 4.39 Å². The van der Waals surface area contributed by atoms with Gasteiger partial charge in [0.25, 0.3) is 0 Å². The van der Waals surface area contributed by atoms with E-state index in [1.165, 1.54) is 11.0 Å². The molecule has 1 unspecified atom stereocenters. The van der Waals surface area contributed by atoms with Crippen molar-refractivity contribution in [1.29, 1.82) is 0 Å². The maximum absolute atomic E-state index is 14.0. The number of rotatable bonds is 12. The molecule has 30 heavy (non-hydrogen) atoms. The second kappa shape index (κ2) is 11.5. The zero-order valence-corrected chi connectivity index (χ0v) is 17.2. The second-order valence-corrected chi connectivity index (χ2v) is 7.50. The number of aliphatic hydroxyl groups excluding tert-OH is 1. The summed E-state index contributed by atoms with van der Waals surface area (Å²) in [6.07, 6.45) is 3.25. The molecular weight excluding hydrogens is 379 g/mol. The third kappa shape index (κ3) is 6.66. The molecule has 3 rings (SSSR count). The Hall–Kier alpha value is -2.73. The van der Waals surface area contributed by atoms with Gasteiger partial charge in [-0.1, -0.05) is 55.1 Å². The summed E-state index contributed by atoms with van der Waals surface area (Å²) in [7, 11) is 0. The van der Waals surface area contributed by atoms with E-state index in [9.17, 15) is 9.50 Å². The number of ether oxygens (including phenoxy) is 1. The minimum Gasteiger partial charge on any atom is -0.385 e. The number of nitrogens with zero attached hydrogens (tertiary/aromatic N) is 1. The number of halogens is 1. The molecule has 0 saturated carbocycles.